The van der Waals surface area contributed by atoms with Crippen molar-refractivity contribution in [1.82, 2.24) is 10.2 Å². The third-order valence-corrected chi connectivity index (χ3v) is 4.37. The quantitative estimate of drug-likeness (QED) is 0.891. The van der Waals surface area contributed by atoms with Crippen molar-refractivity contribution in [2.45, 2.75) is 45.2 Å². The fourth-order valence-corrected chi connectivity index (χ4v) is 3.00. The van der Waals surface area contributed by atoms with Crippen LogP contribution >= 0.6 is 0 Å². The van der Waals surface area contributed by atoms with Crippen LogP contribution in [0.3, 0.4) is 0 Å². The van der Waals surface area contributed by atoms with E-state index in [0.717, 1.165) is 17.4 Å². The highest BCUT2D eigenvalue weighted by atomic mass is 16.3. The molecule has 1 aliphatic carbocycles. The van der Waals surface area contributed by atoms with E-state index < -0.39 is 0 Å². The van der Waals surface area contributed by atoms with Crippen molar-refractivity contribution in [3.05, 3.63) is 23.7 Å². The molecule has 3 rings (SSSR count). The van der Waals surface area contributed by atoms with Gasteiger partial charge >= 0.3 is 0 Å². The molecule has 2 unspecified atom stereocenters. The van der Waals surface area contributed by atoms with Crippen LogP contribution in [0.25, 0.3) is 0 Å². The maximum absolute atomic E-state index is 5.79. The summed E-state index contributed by atoms with van der Waals surface area (Å²) in [6, 6.07) is 5.30. The average molecular weight is 248 g/mol. The van der Waals surface area contributed by atoms with Crippen molar-refractivity contribution in [3.8, 4) is 0 Å². The number of hydrogen-bond acceptors (Lipinski definition) is 3. The van der Waals surface area contributed by atoms with Crippen LogP contribution in [0, 0.1) is 12.8 Å². The predicted octanol–water partition coefficient (Wildman–Crippen LogP) is 2.72. The lowest BCUT2D eigenvalue weighted by molar-refractivity contribution is 0.179. The Morgan fingerprint density at radius 3 is 2.89 bits per heavy atom. The molecular weight excluding hydrogens is 224 g/mol. The Balaban J connectivity index is 1.69. The minimum Gasteiger partial charge on any atom is -0.465 e. The maximum Gasteiger partial charge on any atom is 0.121 e. The van der Waals surface area contributed by atoms with Crippen molar-refractivity contribution in [2.24, 2.45) is 5.92 Å². The lowest BCUT2D eigenvalue weighted by Gasteiger charge is -2.29. The van der Waals surface area contributed by atoms with Crippen LogP contribution in [0.15, 0.2) is 16.5 Å². The Morgan fingerprint density at radius 2 is 2.22 bits per heavy atom. The fourth-order valence-electron chi connectivity index (χ4n) is 3.00. The van der Waals surface area contributed by atoms with Crippen LogP contribution < -0.4 is 5.32 Å². The van der Waals surface area contributed by atoms with Gasteiger partial charge in [0.2, 0.25) is 0 Å². The first-order valence-corrected chi connectivity index (χ1v) is 7.28. The van der Waals surface area contributed by atoms with Gasteiger partial charge in [-0.2, -0.15) is 0 Å². The zero-order valence-electron chi connectivity index (χ0n) is 11.5. The van der Waals surface area contributed by atoms with Gasteiger partial charge in [0.1, 0.15) is 11.5 Å². The Bertz CT molecular complexity index is 397. The molecular formula is C15H24N2O. The Kier molecular flexibility index (Phi) is 3.44. The lowest BCUT2D eigenvalue weighted by Crippen LogP contribution is -2.40. The summed E-state index contributed by atoms with van der Waals surface area (Å²) in [5.74, 6) is 3.06. The summed E-state index contributed by atoms with van der Waals surface area (Å²) in [6.07, 6.45) is 4.08. The van der Waals surface area contributed by atoms with Gasteiger partial charge in [0.15, 0.2) is 0 Å². The van der Waals surface area contributed by atoms with Gasteiger partial charge in [-0.05, 0) is 57.7 Å². The Morgan fingerprint density at radius 1 is 1.39 bits per heavy atom. The molecule has 3 nitrogen and oxygen atoms in total. The van der Waals surface area contributed by atoms with Gasteiger partial charge in [-0.25, -0.2) is 0 Å². The van der Waals surface area contributed by atoms with Gasteiger partial charge in [0.25, 0.3) is 0 Å². The third-order valence-electron chi connectivity index (χ3n) is 4.37. The number of nitrogens with zero attached hydrogens (tertiary/aromatic N) is 1. The van der Waals surface area contributed by atoms with Crippen molar-refractivity contribution in [3.63, 3.8) is 0 Å². The minimum atomic E-state index is 0.403. The SMILES string of the molecule is Cc1ccc(C(C)N2CCCNC(C3CC3)C2)o1. The van der Waals surface area contributed by atoms with Gasteiger partial charge < -0.3 is 9.73 Å². The van der Waals surface area contributed by atoms with E-state index >= 15 is 0 Å². The number of rotatable bonds is 3. The molecule has 3 heteroatoms. The van der Waals surface area contributed by atoms with Gasteiger partial charge in [0.05, 0.1) is 6.04 Å². The highest BCUT2D eigenvalue weighted by molar-refractivity contribution is 5.09. The molecule has 0 bridgehead atoms. The van der Waals surface area contributed by atoms with E-state index in [1.807, 2.05) is 6.92 Å². The monoisotopic (exact) mass is 248 g/mol. The van der Waals surface area contributed by atoms with Crippen LogP contribution in [0.1, 0.15) is 43.7 Å². The standard InChI is InChI=1S/C15H24N2O/c1-11-4-7-15(18-11)12(2)17-9-3-8-16-14(10-17)13-5-6-13/h4,7,12-14,16H,3,5-6,8-10H2,1-2H3. The summed E-state index contributed by atoms with van der Waals surface area (Å²) in [4.78, 5) is 2.58. The van der Waals surface area contributed by atoms with E-state index in [-0.39, 0.29) is 0 Å². The van der Waals surface area contributed by atoms with E-state index in [0.29, 0.717) is 12.1 Å². The first-order chi connectivity index (χ1) is 8.74. The summed E-state index contributed by atoms with van der Waals surface area (Å²) in [6.45, 7) is 7.81. The molecule has 1 saturated carbocycles. The molecule has 0 radical (unpaired) electrons. The number of furan rings is 1. The van der Waals surface area contributed by atoms with Crippen LogP contribution in [-0.4, -0.2) is 30.6 Å². The molecule has 0 amide bonds. The van der Waals surface area contributed by atoms with Gasteiger partial charge in [-0.3, -0.25) is 4.90 Å². The fraction of sp³-hybridized carbons (Fsp3) is 0.733. The van der Waals surface area contributed by atoms with Crippen molar-refractivity contribution < 1.29 is 4.42 Å². The van der Waals surface area contributed by atoms with Gasteiger partial charge in [-0.15, -0.1) is 0 Å². The largest absolute Gasteiger partial charge is 0.465 e. The molecule has 1 saturated heterocycles. The Labute approximate surface area is 110 Å². The summed E-state index contributed by atoms with van der Waals surface area (Å²) in [5.41, 5.74) is 0. The van der Waals surface area contributed by atoms with E-state index in [1.54, 1.807) is 0 Å². The van der Waals surface area contributed by atoms with Crippen molar-refractivity contribution >= 4 is 0 Å². The first kappa shape index (κ1) is 12.2. The maximum atomic E-state index is 5.79. The minimum absolute atomic E-state index is 0.403. The molecule has 2 atom stereocenters. The number of aryl methyl sites for hydroxylation is 1. The molecule has 2 aliphatic rings. The topological polar surface area (TPSA) is 28.4 Å². The van der Waals surface area contributed by atoms with E-state index in [2.05, 4.69) is 29.3 Å². The van der Waals surface area contributed by atoms with E-state index in [9.17, 15) is 0 Å². The normalized spacial score (nSPS) is 28.0. The molecule has 2 fully saturated rings. The summed E-state index contributed by atoms with van der Waals surface area (Å²) in [7, 11) is 0. The molecule has 18 heavy (non-hydrogen) atoms. The molecule has 1 aliphatic heterocycles. The van der Waals surface area contributed by atoms with Crippen LogP contribution in [0.2, 0.25) is 0 Å². The van der Waals surface area contributed by atoms with Gasteiger partial charge in [0, 0.05) is 19.1 Å². The highest BCUT2D eigenvalue weighted by Crippen LogP contribution is 2.35. The summed E-state index contributed by atoms with van der Waals surface area (Å²) < 4.78 is 5.79. The molecule has 1 aromatic heterocycles. The van der Waals surface area contributed by atoms with Crippen LogP contribution in [0.5, 0.6) is 0 Å². The third kappa shape index (κ3) is 2.62. The molecule has 1 aromatic rings. The van der Waals surface area contributed by atoms with Crippen LogP contribution in [0.4, 0.5) is 0 Å². The number of hydrogen-bond donors (Lipinski definition) is 1. The highest BCUT2D eigenvalue weighted by Gasteiger charge is 2.34. The number of nitrogens with one attached hydrogen (secondary N) is 1. The van der Waals surface area contributed by atoms with E-state index in [1.165, 1.54) is 38.9 Å². The molecule has 0 spiro atoms. The second kappa shape index (κ2) is 5.06. The Hall–Kier alpha value is -0.800. The zero-order chi connectivity index (χ0) is 12.5. The average Bonchev–Trinajstić information content (AvgIpc) is 3.14. The summed E-state index contributed by atoms with van der Waals surface area (Å²) in [5, 5.41) is 3.71. The van der Waals surface area contributed by atoms with Gasteiger partial charge in [-0.1, -0.05) is 0 Å². The second-order valence-electron chi connectivity index (χ2n) is 5.87. The lowest BCUT2D eigenvalue weighted by atomic mass is 10.1. The summed E-state index contributed by atoms with van der Waals surface area (Å²) >= 11 is 0. The molecule has 1 N–H and O–H groups in total. The van der Waals surface area contributed by atoms with Crippen molar-refractivity contribution in [2.75, 3.05) is 19.6 Å². The zero-order valence-corrected chi connectivity index (χ0v) is 11.5. The molecule has 0 aromatic carbocycles. The van der Waals surface area contributed by atoms with Crippen molar-refractivity contribution in [1.29, 1.82) is 0 Å². The first-order valence-electron chi connectivity index (χ1n) is 7.28. The van der Waals surface area contributed by atoms with Crippen LogP contribution in [-0.2, 0) is 0 Å². The van der Waals surface area contributed by atoms with E-state index in [4.69, 9.17) is 4.42 Å². The molecule has 100 valence electrons. The second-order valence-corrected chi connectivity index (χ2v) is 5.87. The molecule has 2 heterocycles. The predicted molar refractivity (Wildman–Crippen MR) is 72.6 cm³/mol. The smallest absolute Gasteiger partial charge is 0.121 e.